The predicted octanol–water partition coefficient (Wildman–Crippen LogP) is 1.70. The Bertz CT molecular complexity index is 155. The van der Waals surface area contributed by atoms with Gasteiger partial charge < -0.3 is 4.84 Å². The van der Waals surface area contributed by atoms with Crippen molar-refractivity contribution in [2.45, 2.75) is 6.42 Å². The first-order valence-corrected chi connectivity index (χ1v) is 2.67. The molecule has 0 fully saturated rings. The maximum absolute atomic E-state index is 4.83. The highest BCUT2D eigenvalue weighted by molar-refractivity contribution is 7.80. The third-order valence-electron chi connectivity index (χ3n) is 0.743. The van der Waals surface area contributed by atoms with Crippen molar-refractivity contribution in [2.75, 3.05) is 0 Å². The molecular weight excluding hydrogens is 158 g/mol. The first-order chi connectivity index (χ1) is 3.89. The van der Waals surface area contributed by atoms with Crippen LogP contribution in [0, 0.1) is 0 Å². The van der Waals surface area contributed by atoms with Gasteiger partial charge in [0.15, 0.2) is 0 Å². The smallest absolute Gasteiger partial charge is 0.123 e. The molecule has 0 atom stereocenters. The maximum atomic E-state index is 4.83. The van der Waals surface area contributed by atoms with Crippen LogP contribution in [0.15, 0.2) is 17.5 Å². The Hall–Kier alpha value is -0.410. The lowest BCUT2D eigenvalue weighted by atomic mass is 10.3. The van der Waals surface area contributed by atoms with Gasteiger partial charge in [0.1, 0.15) is 6.26 Å². The van der Waals surface area contributed by atoms with Crippen LogP contribution in [0.3, 0.4) is 0 Å². The summed E-state index contributed by atoms with van der Waals surface area (Å²) in [7, 11) is 0. The molecule has 1 aliphatic rings. The molecule has 9 heavy (non-hydrogen) atoms. The van der Waals surface area contributed by atoms with Gasteiger partial charge in [0, 0.05) is 17.5 Å². The third kappa shape index (κ3) is 3.21. The van der Waals surface area contributed by atoms with Gasteiger partial charge in [-0.3, -0.25) is 0 Å². The SMILES string of the molecule is Cl.S=C1C=CON=CC1. The average Bonchev–Trinajstić information content (AvgIpc) is 1.94. The van der Waals surface area contributed by atoms with E-state index < -0.39 is 0 Å². The molecule has 0 spiro atoms. The second-order valence-corrected chi connectivity index (χ2v) is 1.89. The molecule has 0 saturated heterocycles. The van der Waals surface area contributed by atoms with Gasteiger partial charge in [-0.05, 0) is 6.08 Å². The lowest BCUT2D eigenvalue weighted by molar-refractivity contribution is 0.271. The van der Waals surface area contributed by atoms with Gasteiger partial charge in [0.2, 0.25) is 0 Å². The van der Waals surface area contributed by atoms with Crippen molar-refractivity contribution >= 4 is 35.7 Å². The summed E-state index contributed by atoms with van der Waals surface area (Å²) in [5.74, 6) is 0. The van der Waals surface area contributed by atoms with Crippen LogP contribution < -0.4 is 0 Å². The van der Waals surface area contributed by atoms with Gasteiger partial charge in [-0.2, -0.15) is 0 Å². The number of halogens is 1. The van der Waals surface area contributed by atoms with Gasteiger partial charge in [0.25, 0.3) is 0 Å². The van der Waals surface area contributed by atoms with E-state index in [1.807, 2.05) is 0 Å². The van der Waals surface area contributed by atoms with Gasteiger partial charge >= 0.3 is 0 Å². The van der Waals surface area contributed by atoms with Gasteiger partial charge in [-0.1, -0.05) is 17.4 Å². The first kappa shape index (κ1) is 8.59. The van der Waals surface area contributed by atoms with Crippen LogP contribution in [0.4, 0.5) is 0 Å². The van der Waals surface area contributed by atoms with Crippen LogP contribution in [-0.2, 0) is 4.84 Å². The van der Waals surface area contributed by atoms with Gasteiger partial charge in [-0.25, -0.2) is 0 Å². The van der Waals surface area contributed by atoms with Crippen molar-refractivity contribution in [1.82, 2.24) is 0 Å². The highest BCUT2D eigenvalue weighted by Crippen LogP contribution is 1.92. The molecule has 50 valence electrons. The fourth-order valence-electron chi connectivity index (χ4n) is 0.380. The Labute approximate surface area is 65.0 Å². The summed E-state index contributed by atoms with van der Waals surface area (Å²) < 4.78 is 0. The second-order valence-electron chi connectivity index (χ2n) is 1.37. The molecule has 0 radical (unpaired) electrons. The Morgan fingerprint density at radius 2 is 2.44 bits per heavy atom. The van der Waals surface area contributed by atoms with Crippen molar-refractivity contribution in [3.8, 4) is 0 Å². The Morgan fingerprint density at radius 3 is 3.22 bits per heavy atom. The Kier molecular flexibility index (Phi) is 4.26. The summed E-state index contributed by atoms with van der Waals surface area (Å²) >= 11 is 4.83. The molecule has 0 aromatic rings. The minimum absolute atomic E-state index is 0. The van der Waals surface area contributed by atoms with E-state index in [1.54, 1.807) is 12.3 Å². The standard InChI is InChI=1S/C5H5NOS.ClH/c8-5-1-3-6-7-4-2-5;/h2-4H,1H2;1H. The molecule has 0 amide bonds. The Balaban J connectivity index is 0.000000640. The van der Waals surface area contributed by atoms with E-state index in [9.17, 15) is 0 Å². The summed E-state index contributed by atoms with van der Waals surface area (Å²) in [6.07, 6.45) is 5.56. The highest BCUT2D eigenvalue weighted by Gasteiger charge is 1.90. The van der Waals surface area contributed by atoms with Crippen molar-refractivity contribution in [3.63, 3.8) is 0 Å². The van der Waals surface area contributed by atoms with Crippen LogP contribution in [0.1, 0.15) is 6.42 Å². The van der Waals surface area contributed by atoms with Gasteiger partial charge in [0.05, 0.1) is 0 Å². The predicted molar refractivity (Wildman–Crippen MR) is 43.2 cm³/mol. The first-order valence-electron chi connectivity index (χ1n) is 2.26. The zero-order chi connectivity index (χ0) is 5.82. The van der Waals surface area contributed by atoms with Crippen molar-refractivity contribution < 1.29 is 4.84 Å². The lowest BCUT2D eigenvalue weighted by Gasteiger charge is -1.79. The number of allylic oxidation sites excluding steroid dienone is 1. The average molecular weight is 164 g/mol. The molecule has 0 N–H and O–H groups in total. The number of nitrogens with zero attached hydrogens (tertiary/aromatic N) is 1. The van der Waals surface area contributed by atoms with Crippen LogP contribution in [0.2, 0.25) is 0 Å². The molecule has 0 aliphatic carbocycles. The van der Waals surface area contributed by atoms with Crippen LogP contribution in [0.5, 0.6) is 0 Å². The summed E-state index contributed by atoms with van der Waals surface area (Å²) in [6.45, 7) is 0. The molecule has 1 aliphatic heterocycles. The van der Waals surface area contributed by atoms with E-state index >= 15 is 0 Å². The minimum atomic E-state index is 0. The molecule has 0 saturated carbocycles. The van der Waals surface area contributed by atoms with Crippen LogP contribution >= 0.6 is 24.6 Å². The van der Waals surface area contributed by atoms with Crippen LogP contribution in [-0.4, -0.2) is 11.1 Å². The Morgan fingerprint density at radius 1 is 1.67 bits per heavy atom. The van der Waals surface area contributed by atoms with Gasteiger partial charge in [-0.15, -0.1) is 12.4 Å². The highest BCUT2D eigenvalue weighted by atomic mass is 35.5. The number of hydrogen-bond donors (Lipinski definition) is 0. The van der Waals surface area contributed by atoms with Crippen LogP contribution in [0.25, 0.3) is 0 Å². The second kappa shape index (κ2) is 4.47. The fourth-order valence-corrected chi connectivity index (χ4v) is 0.510. The molecule has 2 nitrogen and oxygen atoms in total. The number of rotatable bonds is 0. The summed E-state index contributed by atoms with van der Waals surface area (Å²) in [5, 5.41) is 3.52. The minimum Gasteiger partial charge on any atom is -0.365 e. The van der Waals surface area contributed by atoms with E-state index in [2.05, 4.69) is 9.99 Å². The number of thiocarbonyl (C=S) groups is 1. The van der Waals surface area contributed by atoms with Crippen molar-refractivity contribution in [3.05, 3.63) is 12.3 Å². The molecular formula is C5H6ClNOS. The normalized spacial score (nSPS) is 15.8. The number of oxime groups is 1. The zero-order valence-corrected chi connectivity index (χ0v) is 6.24. The van der Waals surface area contributed by atoms with E-state index in [1.165, 1.54) is 6.26 Å². The molecule has 0 aromatic heterocycles. The molecule has 4 heteroatoms. The lowest BCUT2D eigenvalue weighted by Crippen LogP contribution is -1.85. The molecule has 0 bridgehead atoms. The molecule has 1 heterocycles. The molecule has 0 unspecified atom stereocenters. The van der Waals surface area contributed by atoms with Crippen molar-refractivity contribution in [2.24, 2.45) is 5.16 Å². The van der Waals surface area contributed by atoms with Crippen molar-refractivity contribution in [1.29, 1.82) is 0 Å². The fraction of sp³-hybridized carbons (Fsp3) is 0.200. The van der Waals surface area contributed by atoms with E-state index in [-0.39, 0.29) is 12.4 Å². The topological polar surface area (TPSA) is 21.6 Å². The largest absolute Gasteiger partial charge is 0.365 e. The maximum Gasteiger partial charge on any atom is 0.123 e. The van der Waals surface area contributed by atoms with E-state index in [0.717, 1.165) is 4.86 Å². The van der Waals surface area contributed by atoms with E-state index in [0.29, 0.717) is 6.42 Å². The number of hydrogen-bond acceptors (Lipinski definition) is 3. The summed E-state index contributed by atoms with van der Waals surface area (Å²) in [5.41, 5.74) is 0. The third-order valence-corrected chi connectivity index (χ3v) is 1.05. The molecule has 1 rings (SSSR count). The monoisotopic (exact) mass is 163 g/mol. The summed E-state index contributed by atoms with van der Waals surface area (Å²) in [6, 6.07) is 0. The summed E-state index contributed by atoms with van der Waals surface area (Å²) in [4.78, 5) is 5.42. The molecule has 0 aromatic carbocycles. The zero-order valence-electron chi connectivity index (χ0n) is 4.61. The van der Waals surface area contributed by atoms with E-state index in [4.69, 9.17) is 12.2 Å². The quantitative estimate of drug-likeness (QED) is 0.507.